The van der Waals surface area contributed by atoms with Gasteiger partial charge in [0.05, 0.1) is 11.4 Å². The Morgan fingerprint density at radius 3 is 2.04 bits per heavy atom. The second-order valence-corrected chi connectivity index (χ2v) is 13.1. The normalized spacial score (nSPS) is 13.2. The van der Waals surface area contributed by atoms with Crippen molar-refractivity contribution >= 4 is 29.0 Å². The summed E-state index contributed by atoms with van der Waals surface area (Å²) in [5.41, 5.74) is 13.1. The zero-order valence-electron chi connectivity index (χ0n) is 28.1. The van der Waals surface area contributed by atoms with Crippen molar-refractivity contribution in [2.45, 2.75) is 19.8 Å². The number of allylic oxidation sites excluding steroid dienone is 5. The number of nitrogens with zero attached hydrogens (tertiary/aromatic N) is 2. The van der Waals surface area contributed by atoms with Crippen LogP contribution in [0.25, 0.3) is 79.5 Å². The molecule has 0 saturated heterocycles. The zero-order chi connectivity index (χ0) is 33.4. The van der Waals surface area contributed by atoms with Gasteiger partial charge in [-0.25, -0.2) is 4.98 Å². The molecule has 1 heterocycles. The van der Waals surface area contributed by atoms with Crippen molar-refractivity contribution in [3.63, 3.8) is 0 Å². The van der Waals surface area contributed by atoms with E-state index in [-0.39, 0.29) is 0 Å². The SMILES string of the molecule is Cc1cccc(-n2c(-c3ccc(-c4ccc5c(-c6ccccc6)c6c(c(-c7ccccc7)c5c4)=CC=CCC=6)cc3)nc3c2C=CC=CC3)c1. The van der Waals surface area contributed by atoms with Crippen LogP contribution in [0.15, 0.2) is 158 Å². The molecule has 2 aliphatic carbocycles. The van der Waals surface area contributed by atoms with E-state index in [0.717, 1.165) is 41.3 Å². The van der Waals surface area contributed by atoms with E-state index in [0.29, 0.717) is 0 Å². The van der Waals surface area contributed by atoms with E-state index < -0.39 is 0 Å². The summed E-state index contributed by atoms with van der Waals surface area (Å²) in [5.74, 6) is 0.965. The molecule has 0 spiro atoms. The highest BCUT2D eigenvalue weighted by atomic mass is 15.1. The molecule has 0 aliphatic heterocycles. The lowest BCUT2D eigenvalue weighted by atomic mass is 9.86. The average Bonchev–Trinajstić information content (AvgIpc) is 3.29. The highest BCUT2D eigenvalue weighted by molar-refractivity contribution is 6.07. The maximum absolute atomic E-state index is 5.21. The Balaban J connectivity index is 1.23. The van der Waals surface area contributed by atoms with Crippen molar-refractivity contribution in [3.05, 3.63) is 185 Å². The van der Waals surface area contributed by atoms with Crippen molar-refractivity contribution in [1.82, 2.24) is 9.55 Å². The molecule has 2 nitrogen and oxygen atoms in total. The molecule has 0 bridgehead atoms. The van der Waals surface area contributed by atoms with E-state index in [9.17, 15) is 0 Å². The van der Waals surface area contributed by atoms with E-state index >= 15 is 0 Å². The monoisotopic (exact) mass is 640 g/mol. The number of aromatic nitrogens is 2. The third kappa shape index (κ3) is 5.27. The largest absolute Gasteiger partial charge is 0.293 e. The molecule has 7 aromatic rings. The maximum atomic E-state index is 5.21. The fourth-order valence-electron chi connectivity index (χ4n) is 7.59. The molecule has 0 N–H and O–H groups in total. The minimum Gasteiger partial charge on any atom is -0.293 e. The van der Waals surface area contributed by atoms with Crippen LogP contribution in [0.4, 0.5) is 0 Å². The molecular weight excluding hydrogens is 605 g/mol. The first-order valence-corrected chi connectivity index (χ1v) is 17.4. The van der Waals surface area contributed by atoms with Gasteiger partial charge >= 0.3 is 0 Å². The van der Waals surface area contributed by atoms with E-state index in [1.54, 1.807) is 0 Å². The predicted molar refractivity (Wildman–Crippen MR) is 211 cm³/mol. The summed E-state index contributed by atoms with van der Waals surface area (Å²) in [6, 6.07) is 46.4. The van der Waals surface area contributed by atoms with Gasteiger partial charge in [-0.3, -0.25) is 4.57 Å². The highest BCUT2D eigenvalue weighted by Crippen LogP contribution is 2.36. The predicted octanol–water partition coefficient (Wildman–Crippen LogP) is 10.6. The molecule has 0 fully saturated rings. The first-order chi connectivity index (χ1) is 24.7. The molecule has 0 radical (unpaired) electrons. The van der Waals surface area contributed by atoms with Crippen molar-refractivity contribution in [2.75, 3.05) is 0 Å². The van der Waals surface area contributed by atoms with Crippen LogP contribution in [0.5, 0.6) is 0 Å². The summed E-state index contributed by atoms with van der Waals surface area (Å²) in [6.45, 7) is 2.14. The van der Waals surface area contributed by atoms with Crippen molar-refractivity contribution < 1.29 is 0 Å². The van der Waals surface area contributed by atoms with Gasteiger partial charge < -0.3 is 0 Å². The van der Waals surface area contributed by atoms with Gasteiger partial charge in [0.25, 0.3) is 0 Å². The van der Waals surface area contributed by atoms with Gasteiger partial charge in [-0.05, 0) is 97.8 Å². The molecule has 6 aromatic carbocycles. The fraction of sp³-hybridized carbons (Fsp3) is 0.0625. The number of hydrogen-bond donors (Lipinski definition) is 0. The smallest absolute Gasteiger partial charge is 0.145 e. The summed E-state index contributed by atoms with van der Waals surface area (Å²) in [5, 5.41) is 5.10. The third-order valence-electron chi connectivity index (χ3n) is 9.91. The van der Waals surface area contributed by atoms with Crippen molar-refractivity contribution in [2.24, 2.45) is 0 Å². The Labute approximate surface area is 293 Å². The molecule has 0 amide bonds. The van der Waals surface area contributed by atoms with Crippen LogP contribution in [0, 0.1) is 6.92 Å². The van der Waals surface area contributed by atoms with Gasteiger partial charge in [0.1, 0.15) is 5.82 Å². The Morgan fingerprint density at radius 2 is 1.28 bits per heavy atom. The van der Waals surface area contributed by atoms with Gasteiger partial charge in [-0.1, -0.05) is 152 Å². The molecule has 0 atom stereocenters. The van der Waals surface area contributed by atoms with E-state index in [4.69, 9.17) is 4.98 Å². The molecule has 9 rings (SSSR count). The summed E-state index contributed by atoms with van der Waals surface area (Å²) in [7, 11) is 0. The second-order valence-electron chi connectivity index (χ2n) is 13.1. The van der Waals surface area contributed by atoms with Gasteiger partial charge in [0.15, 0.2) is 0 Å². The van der Waals surface area contributed by atoms with Crippen LogP contribution >= 0.6 is 0 Å². The van der Waals surface area contributed by atoms with Crippen LogP contribution in [-0.2, 0) is 6.42 Å². The quantitative estimate of drug-likeness (QED) is 0.183. The van der Waals surface area contributed by atoms with Gasteiger partial charge in [0, 0.05) is 17.7 Å². The molecule has 2 aliphatic rings. The topological polar surface area (TPSA) is 17.8 Å². The number of fused-ring (bicyclic) bond motifs is 3. The first-order valence-electron chi connectivity index (χ1n) is 17.4. The standard InChI is InChI=1S/C48H36N2/c1-33-15-14-20-39(31-33)50-45-24-13-5-12-23-44(45)49-48(50)37-27-25-34(26-28-37)38-29-30-42-43(32-38)47(36-18-8-3-9-19-36)41-22-11-4-10-21-40(41)46(42)35-16-6-2-7-17-35/h2-9,11-22,24-32H,10,23H2,1H3. The van der Waals surface area contributed by atoms with Gasteiger partial charge in [-0.2, -0.15) is 0 Å². The fourth-order valence-corrected chi connectivity index (χ4v) is 7.59. The molecule has 0 unspecified atom stereocenters. The highest BCUT2D eigenvalue weighted by Gasteiger charge is 2.20. The van der Waals surface area contributed by atoms with E-state index in [1.807, 2.05) is 0 Å². The molecule has 1 aromatic heterocycles. The van der Waals surface area contributed by atoms with Gasteiger partial charge in [0.2, 0.25) is 0 Å². The number of rotatable bonds is 5. The zero-order valence-corrected chi connectivity index (χ0v) is 28.1. The third-order valence-corrected chi connectivity index (χ3v) is 9.91. The summed E-state index contributed by atoms with van der Waals surface area (Å²) in [6.07, 6.45) is 19.5. The Morgan fingerprint density at radius 1 is 0.560 bits per heavy atom. The van der Waals surface area contributed by atoms with Crippen LogP contribution in [-0.4, -0.2) is 9.55 Å². The lowest BCUT2D eigenvalue weighted by Gasteiger charge is -2.17. The number of benzene rings is 6. The summed E-state index contributed by atoms with van der Waals surface area (Å²) in [4.78, 5) is 5.21. The second kappa shape index (κ2) is 12.7. The summed E-state index contributed by atoms with van der Waals surface area (Å²) < 4.78 is 2.31. The van der Waals surface area contributed by atoms with Crippen LogP contribution < -0.4 is 10.4 Å². The maximum Gasteiger partial charge on any atom is 0.145 e. The minimum absolute atomic E-state index is 0.812. The van der Waals surface area contributed by atoms with Gasteiger partial charge in [-0.15, -0.1) is 0 Å². The number of hydrogen-bond acceptors (Lipinski definition) is 1. The molecular formula is C48H36N2. The van der Waals surface area contributed by atoms with Crippen LogP contribution in [0.3, 0.4) is 0 Å². The Kier molecular flexibility index (Phi) is 7.55. The molecule has 0 saturated carbocycles. The first kappa shape index (κ1) is 29.9. The number of imidazole rings is 1. The minimum atomic E-state index is 0.812. The van der Waals surface area contributed by atoms with Crippen LogP contribution in [0.2, 0.25) is 0 Å². The molecule has 50 heavy (non-hydrogen) atoms. The van der Waals surface area contributed by atoms with Crippen molar-refractivity contribution in [3.8, 4) is 50.5 Å². The lowest BCUT2D eigenvalue weighted by Crippen LogP contribution is -2.29. The van der Waals surface area contributed by atoms with E-state index in [1.165, 1.54) is 60.2 Å². The Hall–Kier alpha value is -6.25. The van der Waals surface area contributed by atoms with Crippen molar-refractivity contribution in [1.29, 1.82) is 0 Å². The Bertz CT molecular complexity index is 2620. The summed E-state index contributed by atoms with van der Waals surface area (Å²) >= 11 is 0. The average molecular weight is 641 g/mol. The van der Waals surface area contributed by atoms with Crippen LogP contribution in [0.1, 0.15) is 23.4 Å². The molecule has 2 heteroatoms. The molecule has 238 valence electrons. The lowest BCUT2D eigenvalue weighted by molar-refractivity contribution is 1.05. The van der Waals surface area contributed by atoms with E-state index in [2.05, 4.69) is 187 Å². The number of aryl methyl sites for hydroxylation is 1.